The standard InChI is InChI=1S/C17H16F3N5O2/c1-24(2)16(26)22-15-14-12(25(23-15)10-17(18,19)20)6-3-7-13(14)27-11-5-4-8-21-9-11/h3-9H,10H2,1-2H3,(H,22,23,26). The molecule has 3 aromatic rings. The second kappa shape index (κ2) is 7.14. The minimum atomic E-state index is -4.47. The van der Waals surface area contributed by atoms with Gasteiger partial charge in [0.25, 0.3) is 0 Å². The first kappa shape index (κ1) is 18.5. The molecule has 2 aromatic heterocycles. The molecule has 0 spiro atoms. The zero-order valence-corrected chi connectivity index (χ0v) is 14.5. The quantitative estimate of drug-likeness (QED) is 0.747. The highest BCUT2D eigenvalue weighted by atomic mass is 19.4. The Labute approximate surface area is 152 Å². The number of rotatable bonds is 4. The Morgan fingerprint density at radius 3 is 2.67 bits per heavy atom. The molecule has 0 aliphatic rings. The van der Waals surface area contributed by atoms with Crippen LogP contribution in [0.15, 0.2) is 42.7 Å². The number of benzene rings is 1. The van der Waals surface area contributed by atoms with E-state index in [1.165, 1.54) is 31.3 Å². The first-order valence-corrected chi connectivity index (χ1v) is 7.87. The number of hydrogen-bond acceptors (Lipinski definition) is 4. The van der Waals surface area contributed by atoms with Gasteiger partial charge in [0.15, 0.2) is 5.82 Å². The van der Waals surface area contributed by atoms with E-state index in [-0.39, 0.29) is 22.5 Å². The minimum Gasteiger partial charge on any atom is -0.455 e. The molecule has 0 unspecified atom stereocenters. The van der Waals surface area contributed by atoms with Crippen molar-refractivity contribution in [3.05, 3.63) is 42.7 Å². The zero-order chi connectivity index (χ0) is 19.6. The van der Waals surface area contributed by atoms with Gasteiger partial charge in [0.1, 0.15) is 18.0 Å². The Bertz CT molecular complexity index is 954. The highest BCUT2D eigenvalue weighted by Gasteiger charge is 2.30. The molecule has 2 heterocycles. The van der Waals surface area contributed by atoms with Crippen LogP contribution >= 0.6 is 0 Å². The molecule has 0 fully saturated rings. The van der Waals surface area contributed by atoms with Crippen LogP contribution in [0.2, 0.25) is 0 Å². The molecule has 0 aliphatic heterocycles. The molecule has 1 N–H and O–H groups in total. The lowest BCUT2D eigenvalue weighted by molar-refractivity contribution is -0.141. The van der Waals surface area contributed by atoms with Crippen LogP contribution in [0, 0.1) is 0 Å². The Balaban J connectivity index is 2.11. The van der Waals surface area contributed by atoms with Gasteiger partial charge in [-0.1, -0.05) is 6.07 Å². The first-order chi connectivity index (χ1) is 12.7. The third kappa shape index (κ3) is 4.27. The van der Waals surface area contributed by atoms with Gasteiger partial charge in [-0.2, -0.15) is 18.3 Å². The summed E-state index contributed by atoms with van der Waals surface area (Å²) in [7, 11) is 3.02. The summed E-state index contributed by atoms with van der Waals surface area (Å²) < 4.78 is 45.3. The number of aromatic nitrogens is 3. The van der Waals surface area contributed by atoms with Crippen molar-refractivity contribution in [2.75, 3.05) is 19.4 Å². The van der Waals surface area contributed by atoms with Gasteiger partial charge in [0.05, 0.1) is 17.1 Å². The van der Waals surface area contributed by atoms with Crippen LogP contribution in [0.4, 0.5) is 23.8 Å². The third-order valence-electron chi connectivity index (χ3n) is 3.56. The molecule has 142 valence electrons. The van der Waals surface area contributed by atoms with E-state index < -0.39 is 18.8 Å². The molecule has 0 saturated carbocycles. The van der Waals surface area contributed by atoms with Gasteiger partial charge in [0, 0.05) is 20.3 Å². The van der Waals surface area contributed by atoms with E-state index in [4.69, 9.17) is 4.74 Å². The van der Waals surface area contributed by atoms with Gasteiger partial charge in [-0.05, 0) is 24.3 Å². The summed E-state index contributed by atoms with van der Waals surface area (Å²) in [5.41, 5.74) is 0.183. The Hall–Kier alpha value is -3.30. The van der Waals surface area contributed by atoms with Gasteiger partial charge in [-0.3, -0.25) is 15.0 Å². The predicted octanol–water partition coefficient (Wildman–Crippen LogP) is 3.88. The molecule has 7 nitrogen and oxygen atoms in total. The maximum Gasteiger partial charge on any atom is 0.408 e. The van der Waals surface area contributed by atoms with Gasteiger partial charge >= 0.3 is 12.2 Å². The maximum absolute atomic E-state index is 12.9. The van der Waals surface area contributed by atoms with Crippen molar-refractivity contribution in [3.63, 3.8) is 0 Å². The summed E-state index contributed by atoms with van der Waals surface area (Å²) in [6.07, 6.45) is -1.43. The predicted molar refractivity (Wildman–Crippen MR) is 92.8 cm³/mol. The zero-order valence-electron chi connectivity index (χ0n) is 14.5. The average Bonchev–Trinajstić information content (AvgIpc) is 2.92. The van der Waals surface area contributed by atoms with E-state index in [0.29, 0.717) is 5.75 Å². The van der Waals surface area contributed by atoms with Crippen LogP contribution < -0.4 is 10.1 Å². The lowest BCUT2D eigenvalue weighted by Crippen LogP contribution is -2.27. The van der Waals surface area contributed by atoms with Crippen LogP contribution in [-0.4, -0.2) is 46.0 Å². The highest BCUT2D eigenvalue weighted by molar-refractivity contribution is 6.02. The van der Waals surface area contributed by atoms with Crippen LogP contribution in [0.5, 0.6) is 11.5 Å². The van der Waals surface area contributed by atoms with E-state index >= 15 is 0 Å². The van der Waals surface area contributed by atoms with E-state index in [2.05, 4.69) is 15.4 Å². The molecule has 1 aromatic carbocycles. The van der Waals surface area contributed by atoms with Crippen LogP contribution in [0.1, 0.15) is 0 Å². The Morgan fingerprint density at radius 2 is 2.04 bits per heavy atom. The number of urea groups is 1. The van der Waals surface area contributed by atoms with Crippen molar-refractivity contribution in [1.29, 1.82) is 0 Å². The number of alkyl halides is 3. The van der Waals surface area contributed by atoms with Crippen molar-refractivity contribution in [2.24, 2.45) is 0 Å². The molecule has 3 rings (SSSR count). The van der Waals surface area contributed by atoms with Gasteiger partial charge in [-0.25, -0.2) is 4.79 Å². The SMILES string of the molecule is CN(C)C(=O)Nc1nn(CC(F)(F)F)c2cccc(Oc3cccnc3)c12. The molecule has 0 aliphatic carbocycles. The number of carbonyl (C=O) groups is 1. The average molecular weight is 379 g/mol. The summed E-state index contributed by atoms with van der Waals surface area (Å²) in [4.78, 5) is 17.2. The largest absolute Gasteiger partial charge is 0.455 e. The van der Waals surface area contributed by atoms with Crippen LogP contribution in [0.25, 0.3) is 10.9 Å². The number of carbonyl (C=O) groups excluding carboxylic acids is 1. The van der Waals surface area contributed by atoms with Crippen LogP contribution in [-0.2, 0) is 6.54 Å². The minimum absolute atomic E-state index is 0.0209. The lowest BCUT2D eigenvalue weighted by atomic mass is 10.2. The number of halogens is 3. The van der Waals surface area contributed by atoms with E-state index in [1.807, 2.05) is 0 Å². The van der Waals surface area contributed by atoms with E-state index in [0.717, 1.165) is 4.68 Å². The van der Waals surface area contributed by atoms with Gasteiger partial charge < -0.3 is 9.64 Å². The fourth-order valence-electron chi connectivity index (χ4n) is 2.41. The summed E-state index contributed by atoms with van der Waals surface area (Å²) in [6.45, 7) is -1.29. The molecule has 27 heavy (non-hydrogen) atoms. The Morgan fingerprint density at radius 1 is 1.26 bits per heavy atom. The molecular formula is C17H16F3N5O2. The topological polar surface area (TPSA) is 72.3 Å². The van der Waals surface area contributed by atoms with Gasteiger partial charge in [-0.15, -0.1) is 0 Å². The summed E-state index contributed by atoms with van der Waals surface area (Å²) in [5.74, 6) is 0.633. The van der Waals surface area contributed by atoms with Crippen LogP contribution in [0.3, 0.4) is 0 Å². The molecule has 10 heteroatoms. The number of hydrogen-bond donors (Lipinski definition) is 1. The van der Waals surface area contributed by atoms with Crippen molar-refractivity contribution in [2.45, 2.75) is 12.7 Å². The molecule has 0 radical (unpaired) electrons. The normalized spacial score (nSPS) is 11.4. The highest BCUT2D eigenvalue weighted by Crippen LogP contribution is 2.36. The second-order valence-corrected chi connectivity index (χ2v) is 5.89. The lowest BCUT2D eigenvalue weighted by Gasteiger charge is -2.11. The fourth-order valence-corrected chi connectivity index (χ4v) is 2.41. The molecule has 0 bridgehead atoms. The second-order valence-electron chi connectivity index (χ2n) is 5.89. The summed E-state index contributed by atoms with van der Waals surface area (Å²) >= 11 is 0. The monoisotopic (exact) mass is 379 g/mol. The molecule has 0 saturated heterocycles. The number of anilines is 1. The molecule has 0 atom stereocenters. The van der Waals surface area contributed by atoms with Crippen molar-refractivity contribution < 1.29 is 22.7 Å². The van der Waals surface area contributed by atoms with Gasteiger partial charge in [0.2, 0.25) is 0 Å². The van der Waals surface area contributed by atoms with Crippen molar-refractivity contribution in [3.8, 4) is 11.5 Å². The van der Waals surface area contributed by atoms with E-state index in [9.17, 15) is 18.0 Å². The summed E-state index contributed by atoms with van der Waals surface area (Å²) in [6, 6.07) is 7.42. The molecular weight excluding hydrogens is 363 g/mol. The fraction of sp³-hybridized carbons (Fsp3) is 0.235. The number of nitrogens with one attached hydrogen (secondary N) is 1. The number of ether oxygens (including phenoxy) is 1. The number of amides is 2. The first-order valence-electron chi connectivity index (χ1n) is 7.87. The third-order valence-corrected chi connectivity index (χ3v) is 3.56. The van der Waals surface area contributed by atoms with Crippen molar-refractivity contribution >= 4 is 22.8 Å². The number of fused-ring (bicyclic) bond motifs is 1. The number of nitrogens with zero attached hydrogens (tertiary/aromatic N) is 4. The number of pyridine rings is 1. The maximum atomic E-state index is 12.9. The molecule has 2 amide bonds. The summed E-state index contributed by atoms with van der Waals surface area (Å²) in [5, 5.41) is 6.72. The van der Waals surface area contributed by atoms with E-state index in [1.54, 1.807) is 30.5 Å². The van der Waals surface area contributed by atoms with Crippen molar-refractivity contribution in [1.82, 2.24) is 19.7 Å². The smallest absolute Gasteiger partial charge is 0.408 e. The Kier molecular flexibility index (Phi) is 4.89.